The molecule has 98 valence electrons. The molecule has 1 amide bonds. The molecule has 1 aliphatic rings. The molecule has 18 heavy (non-hydrogen) atoms. The van der Waals surface area contributed by atoms with Crippen LogP contribution in [0.5, 0.6) is 5.75 Å². The van der Waals surface area contributed by atoms with Crippen LogP contribution in [-0.2, 0) is 4.79 Å². The molecule has 1 aromatic rings. The summed E-state index contributed by atoms with van der Waals surface area (Å²) in [5, 5.41) is 9.12. The average molecular weight is 253 g/mol. The van der Waals surface area contributed by atoms with Crippen LogP contribution >= 0.6 is 0 Å². The minimum atomic E-state index is -0.394. The van der Waals surface area contributed by atoms with Crippen LogP contribution < -0.4 is 4.74 Å². The van der Waals surface area contributed by atoms with E-state index in [1.54, 1.807) is 11.0 Å². The van der Waals surface area contributed by atoms with E-state index in [-0.39, 0.29) is 25.2 Å². The number of carbonyl (C=O) groups excluding carboxylic acids is 1. The van der Waals surface area contributed by atoms with Gasteiger partial charge in [0.05, 0.1) is 12.6 Å². The van der Waals surface area contributed by atoms with Gasteiger partial charge in [-0.1, -0.05) is 6.07 Å². The maximum Gasteiger partial charge on any atom is 0.260 e. The van der Waals surface area contributed by atoms with Crippen molar-refractivity contribution in [1.29, 1.82) is 0 Å². The van der Waals surface area contributed by atoms with E-state index in [0.717, 1.165) is 12.8 Å². The zero-order chi connectivity index (χ0) is 13.0. The van der Waals surface area contributed by atoms with Crippen LogP contribution in [0.3, 0.4) is 0 Å². The lowest BCUT2D eigenvalue weighted by Gasteiger charge is -2.22. The number of rotatable bonds is 4. The third-order valence-corrected chi connectivity index (χ3v) is 3.07. The second-order valence-electron chi connectivity index (χ2n) is 4.31. The number of aliphatic hydroxyl groups excluding tert-OH is 1. The highest BCUT2D eigenvalue weighted by atomic mass is 19.1. The molecule has 1 heterocycles. The lowest BCUT2D eigenvalue weighted by Crippen LogP contribution is -2.40. The van der Waals surface area contributed by atoms with Gasteiger partial charge in [-0.3, -0.25) is 4.79 Å². The molecule has 4 nitrogen and oxygen atoms in total. The Morgan fingerprint density at radius 1 is 1.56 bits per heavy atom. The van der Waals surface area contributed by atoms with Gasteiger partial charge >= 0.3 is 0 Å². The number of benzene rings is 1. The Balaban J connectivity index is 1.88. The van der Waals surface area contributed by atoms with Crippen LogP contribution in [0.25, 0.3) is 0 Å². The molecule has 0 bridgehead atoms. The highest BCUT2D eigenvalue weighted by Crippen LogP contribution is 2.17. The average Bonchev–Trinajstić information content (AvgIpc) is 2.84. The Labute approximate surface area is 105 Å². The van der Waals surface area contributed by atoms with E-state index in [1.807, 2.05) is 0 Å². The van der Waals surface area contributed by atoms with Crippen molar-refractivity contribution in [3.63, 3.8) is 0 Å². The second-order valence-corrected chi connectivity index (χ2v) is 4.31. The smallest absolute Gasteiger partial charge is 0.260 e. The van der Waals surface area contributed by atoms with Gasteiger partial charge in [-0.15, -0.1) is 0 Å². The minimum absolute atomic E-state index is 0.0221. The predicted octanol–water partition coefficient (Wildman–Crippen LogP) is 1.19. The molecule has 1 aliphatic heterocycles. The first-order chi connectivity index (χ1) is 8.70. The molecule has 1 unspecified atom stereocenters. The van der Waals surface area contributed by atoms with Gasteiger partial charge in [0, 0.05) is 12.6 Å². The van der Waals surface area contributed by atoms with Gasteiger partial charge in [0.1, 0.15) is 11.6 Å². The summed E-state index contributed by atoms with van der Waals surface area (Å²) in [6.45, 7) is 0.502. The Hall–Kier alpha value is -1.62. The van der Waals surface area contributed by atoms with Crippen molar-refractivity contribution >= 4 is 5.91 Å². The molecule has 0 spiro atoms. The first-order valence-corrected chi connectivity index (χ1v) is 5.99. The van der Waals surface area contributed by atoms with Crippen LogP contribution in [0.1, 0.15) is 12.8 Å². The van der Waals surface area contributed by atoms with Crippen molar-refractivity contribution in [1.82, 2.24) is 4.90 Å². The Bertz CT molecular complexity index is 424. The molecule has 0 saturated carbocycles. The van der Waals surface area contributed by atoms with Crippen LogP contribution in [0.2, 0.25) is 0 Å². The number of likely N-dealkylation sites (tertiary alicyclic amines) is 1. The van der Waals surface area contributed by atoms with Gasteiger partial charge in [-0.05, 0) is 25.0 Å². The van der Waals surface area contributed by atoms with Crippen LogP contribution in [0, 0.1) is 5.82 Å². The van der Waals surface area contributed by atoms with Crippen molar-refractivity contribution in [2.45, 2.75) is 18.9 Å². The number of aliphatic hydroxyl groups is 1. The third kappa shape index (κ3) is 2.98. The number of halogens is 1. The van der Waals surface area contributed by atoms with Crippen molar-refractivity contribution in [2.75, 3.05) is 19.8 Å². The molecule has 1 aromatic carbocycles. The maximum atomic E-state index is 12.9. The predicted molar refractivity (Wildman–Crippen MR) is 63.7 cm³/mol. The third-order valence-electron chi connectivity index (χ3n) is 3.07. The van der Waals surface area contributed by atoms with Crippen LogP contribution in [0.15, 0.2) is 24.3 Å². The van der Waals surface area contributed by atoms with Crippen molar-refractivity contribution < 1.29 is 19.0 Å². The summed E-state index contributed by atoms with van der Waals surface area (Å²) < 4.78 is 18.1. The summed E-state index contributed by atoms with van der Waals surface area (Å²) >= 11 is 0. The zero-order valence-electron chi connectivity index (χ0n) is 10.0. The molecule has 0 aromatic heterocycles. The van der Waals surface area contributed by atoms with E-state index in [4.69, 9.17) is 9.84 Å². The number of ether oxygens (including phenoxy) is 1. The first-order valence-electron chi connectivity index (χ1n) is 5.99. The summed E-state index contributed by atoms with van der Waals surface area (Å²) in [6.07, 6.45) is 1.72. The summed E-state index contributed by atoms with van der Waals surface area (Å²) in [4.78, 5) is 13.5. The Kier molecular flexibility index (Phi) is 4.15. The molecule has 0 aliphatic carbocycles. The molecular weight excluding hydrogens is 237 g/mol. The van der Waals surface area contributed by atoms with Gasteiger partial charge in [0.15, 0.2) is 6.61 Å². The van der Waals surface area contributed by atoms with E-state index < -0.39 is 5.82 Å². The number of nitrogens with zero attached hydrogens (tertiary/aromatic N) is 1. The van der Waals surface area contributed by atoms with Crippen molar-refractivity contribution in [3.8, 4) is 5.75 Å². The summed E-state index contributed by atoms with van der Waals surface area (Å²) in [7, 11) is 0. The molecule has 2 rings (SSSR count). The number of hydrogen-bond acceptors (Lipinski definition) is 3. The van der Waals surface area contributed by atoms with E-state index in [2.05, 4.69) is 0 Å². The second kappa shape index (κ2) is 5.82. The quantitative estimate of drug-likeness (QED) is 0.876. The van der Waals surface area contributed by atoms with Gasteiger partial charge < -0.3 is 14.7 Å². The molecule has 1 saturated heterocycles. The highest BCUT2D eigenvalue weighted by Gasteiger charge is 2.28. The van der Waals surface area contributed by atoms with E-state index in [1.165, 1.54) is 18.2 Å². The normalized spacial score (nSPS) is 19.0. The van der Waals surface area contributed by atoms with Crippen molar-refractivity contribution in [3.05, 3.63) is 30.1 Å². The largest absolute Gasteiger partial charge is 0.484 e. The zero-order valence-corrected chi connectivity index (χ0v) is 10.0. The summed E-state index contributed by atoms with van der Waals surface area (Å²) in [5.41, 5.74) is 0. The standard InChI is InChI=1S/C13H16FNO3/c14-10-3-1-5-12(7-10)18-9-13(17)15-6-2-4-11(15)8-16/h1,3,5,7,11,16H,2,4,6,8-9H2. The van der Waals surface area contributed by atoms with Gasteiger partial charge in [0.2, 0.25) is 0 Å². The monoisotopic (exact) mass is 253 g/mol. The topological polar surface area (TPSA) is 49.8 Å². The molecule has 1 atom stereocenters. The van der Waals surface area contributed by atoms with E-state index in [9.17, 15) is 9.18 Å². The fourth-order valence-corrected chi connectivity index (χ4v) is 2.14. The number of carbonyl (C=O) groups is 1. The SMILES string of the molecule is O=C(COc1cccc(F)c1)N1CCCC1CO. The van der Waals surface area contributed by atoms with Crippen molar-refractivity contribution in [2.24, 2.45) is 0 Å². The summed E-state index contributed by atoms with van der Waals surface area (Å²) in [5.74, 6) is -0.228. The number of hydrogen-bond donors (Lipinski definition) is 1. The molecular formula is C13H16FNO3. The van der Waals surface area contributed by atoms with Crippen LogP contribution in [0.4, 0.5) is 4.39 Å². The molecule has 1 fully saturated rings. The Morgan fingerprint density at radius 3 is 3.11 bits per heavy atom. The minimum Gasteiger partial charge on any atom is -0.484 e. The summed E-state index contributed by atoms with van der Waals surface area (Å²) in [6, 6.07) is 5.58. The molecule has 1 N–H and O–H groups in total. The Morgan fingerprint density at radius 2 is 2.39 bits per heavy atom. The maximum absolute atomic E-state index is 12.9. The van der Waals surface area contributed by atoms with Gasteiger partial charge in [-0.25, -0.2) is 4.39 Å². The van der Waals surface area contributed by atoms with Gasteiger partial charge in [-0.2, -0.15) is 0 Å². The lowest BCUT2D eigenvalue weighted by molar-refractivity contribution is -0.134. The fourth-order valence-electron chi connectivity index (χ4n) is 2.14. The molecule has 5 heteroatoms. The first kappa shape index (κ1) is 12.8. The van der Waals surface area contributed by atoms with Gasteiger partial charge in [0.25, 0.3) is 5.91 Å². The van der Waals surface area contributed by atoms with E-state index in [0.29, 0.717) is 12.3 Å². The fraction of sp³-hybridized carbons (Fsp3) is 0.462. The van der Waals surface area contributed by atoms with E-state index >= 15 is 0 Å². The lowest BCUT2D eigenvalue weighted by atomic mass is 10.2. The molecule has 0 radical (unpaired) electrons. The highest BCUT2D eigenvalue weighted by molar-refractivity contribution is 5.78. The van der Waals surface area contributed by atoms with Crippen LogP contribution in [-0.4, -0.2) is 41.7 Å². The number of amides is 1.